The minimum atomic E-state index is -1.00. The molecule has 6 heteroatoms. The van der Waals surface area contributed by atoms with E-state index in [0.29, 0.717) is 24.4 Å². The standard InChI is InChI=1S/C24H32F4O2/c1-2-29-21-11-12-22(24(28)23(21)27)30-15-17-5-9-19(10-6-17)18-7-3-16(4-8-18)13-20(26)14-25/h11-13,16-19H,2-10,14-15H2,1H3/b20-13-. The van der Waals surface area contributed by atoms with Gasteiger partial charge in [-0.05, 0) is 100 Å². The highest BCUT2D eigenvalue weighted by atomic mass is 19.2. The van der Waals surface area contributed by atoms with Crippen LogP contribution in [0.5, 0.6) is 11.5 Å². The van der Waals surface area contributed by atoms with Gasteiger partial charge in [0.1, 0.15) is 12.5 Å². The van der Waals surface area contributed by atoms with Crippen LogP contribution in [-0.4, -0.2) is 19.9 Å². The van der Waals surface area contributed by atoms with Crippen LogP contribution in [0.2, 0.25) is 0 Å². The predicted octanol–water partition coefficient (Wildman–Crippen LogP) is 7.18. The van der Waals surface area contributed by atoms with Crippen LogP contribution in [0.25, 0.3) is 0 Å². The van der Waals surface area contributed by atoms with Gasteiger partial charge in [-0.1, -0.05) is 0 Å². The fourth-order valence-electron chi connectivity index (χ4n) is 5.01. The monoisotopic (exact) mass is 428 g/mol. The molecule has 0 unspecified atom stereocenters. The second kappa shape index (κ2) is 11.1. The summed E-state index contributed by atoms with van der Waals surface area (Å²) in [5, 5.41) is 0. The maximum atomic E-state index is 14.1. The Morgan fingerprint density at radius 1 is 0.900 bits per heavy atom. The molecule has 2 aliphatic carbocycles. The lowest BCUT2D eigenvalue weighted by molar-refractivity contribution is 0.127. The van der Waals surface area contributed by atoms with Crippen LogP contribution in [0, 0.1) is 35.3 Å². The van der Waals surface area contributed by atoms with E-state index in [2.05, 4.69) is 0 Å². The summed E-state index contributed by atoms with van der Waals surface area (Å²) in [6.07, 6.45) is 9.73. The molecule has 0 amide bonds. The quantitative estimate of drug-likeness (QED) is 0.408. The molecule has 0 bridgehead atoms. The number of rotatable bonds is 8. The molecule has 0 spiro atoms. The fourth-order valence-corrected chi connectivity index (χ4v) is 5.01. The first-order valence-electron chi connectivity index (χ1n) is 11.2. The summed E-state index contributed by atoms with van der Waals surface area (Å²) in [6.45, 7) is 1.37. The molecule has 0 aliphatic heterocycles. The number of hydrogen-bond donors (Lipinski definition) is 0. The minimum Gasteiger partial charge on any atom is -0.491 e. The minimum absolute atomic E-state index is 0.0648. The highest BCUT2D eigenvalue weighted by molar-refractivity contribution is 5.35. The largest absolute Gasteiger partial charge is 0.491 e. The van der Waals surface area contributed by atoms with Gasteiger partial charge in [0.2, 0.25) is 11.6 Å². The van der Waals surface area contributed by atoms with E-state index in [1.54, 1.807) is 6.92 Å². The van der Waals surface area contributed by atoms with Gasteiger partial charge in [0.15, 0.2) is 11.5 Å². The Morgan fingerprint density at radius 3 is 1.97 bits per heavy atom. The van der Waals surface area contributed by atoms with E-state index in [9.17, 15) is 17.6 Å². The number of allylic oxidation sites excluding steroid dienone is 2. The average molecular weight is 429 g/mol. The van der Waals surface area contributed by atoms with E-state index in [4.69, 9.17) is 9.47 Å². The number of hydrogen-bond acceptors (Lipinski definition) is 2. The van der Waals surface area contributed by atoms with Crippen molar-refractivity contribution in [1.29, 1.82) is 0 Å². The Bertz CT molecular complexity index is 705. The van der Waals surface area contributed by atoms with Gasteiger partial charge >= 0.3 is 0 Å². The highest BCUT2D eigenvalue weighted by Crippen LogP contribution is 2.42. The van der Waals surface area contributed by atoms with Gasteiger partial charge < -0.3 is 9.47 Å². The van der Waals surface area contributed by atoms with Crippen LogP contribution >= 0.6 is 0 Å². The summed E-state index contributed by atoms with van der Waals surface area (Å²) in [6, 6.07) is 2.83. The molecule has 2 saturated carbocycles. The van der Waals surface area contributed by atoms with Crippen LogP contribution in [0.1, 0.15) is 58.3 Å². The number of alkyl halides is 1. The maximum absolute atomic E-state index is 14.1. The third kappa shape index (κ3) is 5.92. The first-order chi connectivity index (χ1) is 14.5. The molecule has 2 aliphatic rings. The van der Waals surface area contributed by atoms with Crippen molar-refractivity contribution < 1.29 is 27.0 Å². The second-order valence-electron chi connectivity index (χ2n) is 8.64. The number of benzene rings is 1. The Labute approximate surface area is 176 Å². The lowest BCUT2D eigenvalue weighted by atomic mass is 9.69. The van der Waals surface area contributed by atoms with Gasteiger partial charge in [-0.25, -0.2) is 8.78 Å². The van der Waals surface area contributed by atoms with Crippen molar-refractivity contribution in [2.75, 3.05) is 19.9 Å². The van der Waals surface area contributed by atoms with Crippen LogP contribution < -0.4 is 9.47 Å². The van der Waals surface area contributed by atoms with E-state index in [0.717, 1.165) is 51.4 Å². The Morgan fingerprint density at radius 2 is 1.43 bits per heavy atom. The van der Waals surface area contributed by atoms with Crippen LogP contribution in [-0.2, 0) is 0 Å². The van der Waals surface area contributed by atoms with Crippen molar-refractivity contribution in [3.05, 3.63) is 35.7 Å². The van der Waals surface area contributed by atoms with E-state index >= 15 is 0 Å². The molecule has 2 fully saturated rings. The molecule has 1 aromatic carbocycles. The molecule has 0 saturated heterocycles. The third-order valence-electron chi connectivity index (χ3n) is 6.70. The zero-order chi connectivity index (χ0) is 21.5. The summed E-state index contributed by atoms with van der Waals surface area (Å²) in [4.78, 5) is 0. The molecule has 0 aromatic heterocycles. The number of ether oxygens (including phenoxy) is 2. The summed E-state index contributed by atoms with van der Waals surface area (Å²) in [5.74, 6) is -0.966. The Hall–Kier alpha value is -1.72. The van der Waals surface area contributed by atoms with Gasteiger partial charge in [0.25, 0.3) is 0 Å². The molecule has 0 heterocycles. The third-order valence-corrected chi connectivity index (χ3v) is 6.70. The molecule has 0 atom stereocenters. The molecule has 30 heavy (non-hydrogen) atoms. The van der Waals surface area contributed by atoms with E-state index in [1.165, 1.54) is 18.2 Å². The van der Waals surface area contributed by atoms with E-state index in [1.807, 2.05) is 0 Å². The fraction of sp³-hybridized carbons (Fsp3) is 0.667. The van der Waals surface area contributed by atoms with Gasteiger partial charge in [-0.2, -0.15) is 8.78 Å². The van der Waals surface area contributed by atoms with Crippen molar-refractivity contribution in [2.45, 2.75) is 58.3 Å². The zero-order valence-electron chi connectivity index (χ0n) is 17.6. The lowest BCUT2D eigenvalue weighted by Crippen LogP contribution is -2.27. The molecule has 2 nitrogen and oxygen atoms in total. The smallest absolute Gasteiger partial charge is 0.204 e. The topological polar surface area (TPSA) is 18.5 Å². The van der Waals surface area contributed by atoms with Crippen molar-refractivity contribution in [2.24, 2.45) is 23.7 Å². The van der Waals surface area contributed by atoms with Gasteiger partial charge in [0, 0.05) is 0 Å². The molecule has 0 N–H and O–H groups in total. The summed E-state index contributed by atoms with van der Waals surface area (Å²) in [5.41, 5.74) is 0. The number of halogens is 4. The van der Waals surface area contributed by atoms with Crippen LogP contribution in [0.15, 0.2) is 24.0 Å². The SMILES string of the molecule is CCOc1ccc(OCC2CCC(C3CCC(/C=C(\F)CF)CC3)CC2)c(F)c1F. The Kier molecular flexibility index (Phi) is 8.46. The normalized spacial score (nSPS) is 27.7. The van der Waals surface area contributed by atoms with E-state index in [-0.39, 0.29) is 24.0 Å². The Balaban J connectivity index is 1.42. The van der Waals surface area contributed by atoms with Crippen molar-refractivity contribution in [1.82, 2.24) is 0 Å². The lowest BCUT2D eigenvalue weighted by Gasteiger charge is -2.37. The zero-order valence-corrected chi connectivity index (χ0v) is 17.6. The second-order valence-corrected chi connectivity index (χ2v) is 8.64. The molecule has 1 aromatic rings. The summed E-state index contributed by atoms with van der Waals surface area (Å²) in [7, 11) is 0. The first kappa shape index (κ1) is 23.0. The van der Waals surface area contributed by atoms with Crippen molar-refractivity contribution in [3.63, 3.8) is 0 Å². The van der Waals surface area contributed by atoms with Gasteiger partial charge in [-0.15, -0.1) is 0 Å². The first-order valence-corrected chi connectivity index (χ1v) is 11.2. The summed E-state index contributed by atoms with van der Waals surface area (Å²) >= 11 is 0. The molecule has 168 valence electrons. The average Bonchev–Trinajstić information content (AvgIpc) is 2.77. The van der Waals surface area contributed by atoms with Crippen molar-refractivity contribution in [3.8, 4) is 11.5 Å². The van der Waals surface area contributed by atoms with Gasteiger partial charge in [-0.3, -0.25) is 0 Å². The van der Waals surface area contributed by atoms with Crippen molar-refractivity contribution >= 4 is 0 Å². The van der Waals surface area contributed by atoms with Gasteiger partial charge in [0.05, 0.1) is 13.2 Å². The van der Waals surface area contributed by atoms with Crippen LogP contribution in [0.4, 0.5) is 17.6 Å². The highest BCUT2D eigenvalue weighted by Gasteiger charge is 2.31. The van der Waals surface area contributed by atoms with E-state index < -0.39 is 24.1 Å². The molecule has 0 radical (unpaired) electrons. The molecule has 3 rings (SSSR count). The van der Waals surface area contributed by atoms with Crippen LogP contribution in [0.3, 0.4) is 0 Å². The predicted molar refractivity (Wildman–Crippen MR) is 109 cm³/mol. The molecular formula is C24H32F4O2. The maximum Gasteiger partial charge on any atom is 0.204 e. The summed E-state index contributed by atoms with van der Waals surface area (Å²) < 4.78 is 64.2. The molecular weight excluding hydrogens is 396 g/mol.